The highest BCUT2D eigenvalue weighted by atomic mass is 16.6. The third kappa shape index (κ3) is 3.61. The van der Waals surface area contributed by atoms with Crippen molar-refractivity contribution in [2.75, 3.05) is 25.0 Å². The molecular formula is C19H25N3O2. The van der Waals surface area contributed by atoms with E-state index in [2.05, 4.69) is 41.2 Å². The lowest BCUT2D eigenvalue weighted by Gasteiger charge is -2.28. The molecule has 1 unspecified atom stereocenters. The summed E-state index contributed by atoms with van der Waals surface area (Å²) in [6.07, 6.45) is 2.53. The van der Waals surface area contributed by atoms with Crippen LogP contribution >= 0.6 is 0 Å². The first-order chi connectivity index (χ1) is 11.3. The summed E-state index contributed by atoms with van der Waals surface area (Å²) in [5, 5.41) is 1.14. The van der Waals surface area contributed by atoms with Crippen molar-refractivity contribution in [1.29, 1.82) is 0 Å². The Hall–Kier alpha value is -2.30. The first-order valence-electron chi connectivity index (χ1n) is 8.39. The number of aromatic nitrogens is 1. The van der Waals surface area contributed by atoms with Gasteiger partial charge in [0.15, 0.2) is 0 Å². The van der Waals surface area contributed by atoms with Gasteiger partial charge in [-0.3, -0.25) is 4.98 Å². The predicted octanol–water partition coefficient (Wildman–Crippen LogP) is 3.68. The molecule has 5 heteroatoms. The maximum Gasteiger partial charge on any atom is 0.410 e. The molecule has 0 radical (unpaired) electrons. The topological polar surface area (TPSA) is 45.7 Å². The van der Waals surface area contributed by atoms with E-state index in [0.717, 1.165) is 29.6 Å². The average Bonchev–Trinajstić information content (AvgIpc) is 3.02. The Bertz CT molecular complexity index is 739. The highest BCUT2D eigenvalue weighted by molar-refractivity contribution is 5.82. The van der Waals surface area contributed by atoms with Crippen LogP contribution in [0.4, 0.5) is 10.5 Å². The average molecular weight is 327 g/mol. The summed E-state index contributed by atoms with van der Waals surface area (Å²) in [5.74, 6) is 0. The van der Waals surface area contributed by atoms with Gasteiger partial charge in [-0.25, -0.2) is 4.79 Å². The van der Waals surface area contributed by atoms with Gasteiger partial charge in [0.05, 0.1) is 5.52 Å². The molecule has 0 spiro atoms. The molecule has 0 N–H and O–H groups in total. The molecule has 1 fully saturated rings. The summed E-state index contributed by atoms with van der Waals surface area (Å²) in [5.41, 5.74) is 1.66. The first kappa shape index (κ1) is 16.6. The Morgan fingerprint density at radius 2 is 2.12 bits per heavy atom. The number of ether oxygens (including phenoxy) is 1. The standard InChI is InChI=1S/C19H25N3O2/c1-19(2,3)24-18(23)22-11-9-16(13-22)21(4)15-8-7-14-6-5-10-20-17(14)12-15/h5-8,10,12,16H,9,11,13H2,1-4H3. The highest BCUT2D eigenvalue weighted by Gasteiger charge is 2.31. The lowest BCUT2D eigenvalue weighted by molar-refractivity contribution is 0.0292. The van der Waals surface area contributed by atoms with E-state index in [-0.39, 0.29) is 6.09 Å². The molecule has 0 saturated carbocycles. The fraction of sp³-hybridized carbons (Fsp3) is 0.474. The number of fused-ring (bicyclic) bond motifs is 1. The summed E-state index contributed by atoms with van der Waals surface area (Å²) < 4.78 is 5.47. The van der Waals surface area contributed by atoms with Crippen molar-refractivity contribution in [3.05, 3.63) is 36.5 Å². The molecule has 1 aliphatic rings. The Morgan fingerprint density at radius 3 is 2.88 bits per heavy atom. The number of pyridine rings is 1. The SMILES string of the molecule is CN(c1ccc2cccnc2c1)C1CCN(C(=O)OC(C)(C)C)C1. The number of amides is 1. The molecule has 0 aliphatic carbocycles. The second kappa shape index (κ2) is 6.30. The lowest BCUT2D eigenvalue weighted by atomic mass is 10.1. The third-order valence-corrected chi connectivity index (χ3v) is 4.36. The fourth-order valence-corrected chi connectivity index (χ4v) is 3.04. The van der Waals surface area contributed by atoms with Crippen molar-refractivity contribution in [2.24, 2.45) is 0 Å². The van der Waals surface area contributed by atoms with Gasteiger partial charge in [0.1, 0.15) is 5.60 Å². The number of hydrogen-bond donors (Lipinski definition) is 0. The van der Waals surface area contributed by atoms with Crippen molar-refractivity contribution >= 4 is 22.7 Å². The van der Waals surface area contributed by atoms with E-state index >= 15 is 0 Å². The largest absolute Gasteiger partial charge is 0.444 e. The zero-order chi connectivity index (χ0) is 17.3. The molecule has 0 bridgehead atoms. The lowest BCUT2D eigenvalue weighted by Crippen LogP contribution is -2.39. The second-order valence-corrected chi connectivity index (χ2v) is 7.36. The normalized spacial score (nSPS) is 18.0. The van der Waals surface area contributed by atoms with Crippen LogP contribution in [0, 0.1) is 0 Å². The summed E-state index contributed by atoms with van der Waals surface area (Å²) in [6.45, 7) is 7.10. The van der Waals surface area contributed by atoms with E-state index in [1.807, 2.05) is 33.0 Å². The van der Waals surface area contributed by atoms with Gasteiger partial charge in [0.2, 0.25) is 0 Å². The van der Waals surface area contributed by atoms with Gasteiger partial charge < -0.3 is 14.5 Å². The number of carbonyl (C=O) groups is 1. The zero-order valence-corrected chi connectivity index (χ0v) is 14.8. The quantitative estimate of drug-likeness (QED) is 0.844. The van der Waals surface area contributed by atoms with Crippen LogP contribution in [0.15, 0.2) is 36.5 Å². The molecule has 1 amide bonds. The molecule has 5 nitrogen and oxygen atoms in total. The number of nitrogens with zero attached hydrogens (tertiary/aromatic N) is 3. The predicted molar refractivity (Wildman–Crippen MR) is 96.4 cm³/mol. The van der Waals surface area contributed by atoms with E-state index in [1.54, 1.807) is 4.90 Å². The third-order valence-electron chi connectivity index (χ3n) is 4.36. The van der Waals surface area contributed by atoms with Crippen molar-refractivity contribution < 1.29 is 9.53 Å². The summed E-state index contributed by atoms with van der Waals surface area (Å²) in [6, 6.07) is 10.6. The number of hydrogen-bond acceptors (Lipinski definition) is 4. The van der Waals surface area contributed by atoms with Crippen LogP contribution in [0.2, 0.25) is 0 Å². The van der Waals surface area contributed by atoms with Crippen molar-refractivity contribution in [1.82, 2.24) is 9.88 Å². The van der Waals surface area contributed by atoms with Gasteiger partial charge in [0, 0.05) is 43.4 Å². The Balaban J connectivity index is 1.69. The van der Waals surface area contributed by atoms with Crippen LogP contribution in [-0.2, 0) is 4.74 Å². The minimum atomic E-state index is -0.453. The highest BCUT2D eigenvalue weighted by Crippen LogP contribution is 2.25. The Morgan fingerprint density at radius 1 is 1.33 bits per heavy atom. The van der Waals surface area contributed by atoms with Gasteiger partial charge in [-0.1, -0.05) is 12.1 Å². The minimum Gasteiger partial charge on any atom is -0.444 e. The van der Waals surface area contributed by atoms with Gasteiger partial charge in [-0.05, 0) is 45.4 Å². The van der Waals surface area contributed by atoms with Gasteiger partial charge in [-0.15, -0.1) is 0 Å². The Kier molecular flexibility index (Phi) is 4.35. The van der Waals surface area contributed by atoms with Gasteiger partial charge in [-0.2, -0.15) is 0 Å². The van der Waals surface area contributed by atoms with Crippen LogP contribution in [0.25, 0.3) is 10.9 Å². The van der Waals surface area contributed by atoms with E-state index in [0.29, 0.717) is 12.6 Å². The van der Waals surface area contributed by atoms with Gasteiger partial charge in [0.25, 0.3) is 0 Å². The van der Waals surface area contributed by atoms with Crippen LogP contribution < -0.4 is 4.90 Å². The molecule has 1 saturated heterocycles. The molecule has 128 valence electrons. The maximum absolute atomic E-state index is 12.2. The van der Waals surface area contributed by atoms with Crippen molar-refractivity contribution in [3.63, 3.8) is 0 Å². The summed E-state index contributed by atoms with van der Waals surface area (Å²) in [4.78, 5) is 20.7. The van der Waals surface area contributed by atoms with Crippen LogP contribution in [0.1, 0.15) is 27.2 Å². The molecule has 1 aromatic carbocycles. The number of likely N-dealkylation sites (N-methyl/N-ethyl adjacent to an activating group) is 1. The van der Waals surface area contributed by atoms with Gasteiger partial charge >= 0.3 is 6.09 Å². The number of benzene rings is 1. The number of carbonyl (C=O) groups excluding carboxylic acids is 1. The van der Waals surface area contributed by atoms with E-state index in [1.165, 1.54) is 0 Å². The number of likely N-dealkylation sites (tertiary alicyclic amines) is 1. The van der Waals surface area contributed by atoms with E-state index in [9.17, 15) is 4.79 Å². The Labute approximate surface area is 143 Å². The monoisotopic (exact) mass is 327 g/mol. The van der Waals surface area contributed by atoms with Crippen molar-refractivity contribution in [2.45, 2.75) is 38.8 Å². The van der Waals surface area contributed by atoms with E-state index in [4.69, 9.17) is 4.74 Å². The molecule has 1 aliphatic heterocycles. The zero-order valence-electron chi connectivity index (χ0n) is 14.8. The van der Waals surface area contributed by atoms with Crippen molar-refractivity contribution in [3.8, 4) is 0 Å². The molecular weight excluding hydrogens is 302 g/mol. The second-order valence-electron chi connectivity index (χ2n) is 7.36. The minimum absolute atomic E-state index is 0.224. The first-order valence-corrected chi connectivity index (χ1v) is 8.39. The number of anilines is 1. The molecule has 2 aromatic rings. The van der Waals surface area contributed by atoms with Crippen LogP contribution in [-0.4, -0.2) is 47.8 Å². The molecule has 3 rings (SSSR count). The number of rotatable bonds is 2. The summed E-state index contributed by atoms with van der Waals surface area (Å²) >= 11 is 0. The maximum atomic E-state index is 12.2. The fourth-order valence-electron chi connectivity index (χ4n) is 3.04. The van der Waals surface area contributed by atoms with Crippen LogP contribution in [0.5, 0.6) is 0 Å². The molecule has 1 aromatic heterocycles. The smallest absolute Gasteiger partial charge is 0.410 e. The molecule has 24 heavy (non-hydrogen) atoms. The molecule has 2 heterocycles. The summed E-state index contributed by atoms with van der Waals surface area (Å²) in [7, 11) is 2.08. The van der Waals surface area contributed by atoms with E-state index < -0.39 is 5.60 Å². The molecule has 1 atom stereocenters. The van der Waals surface area contributed by atoms with Crippen LogP contribution in [0.3, 0.4) is 0 Å².